The molecule has 0 amide bonds. The maximum absolute atomic E-state index is 12.8. The number of ether oxygens (including phenoxy) is 1. The Balaban J connectivity index is 1.16. The molecule has 1 N–H and O–H groups in total. The van der Waals surface area contributed by atoms with Crippen molar-refractivity contribution in [2.45, 2.75) is 18.2 Å². The van der Waals surface area contributed by atoms with E-state index in [9.17, 15) is 8.42 Å². The number of rotatable bonds is 8. The molecule has 188 valence electrons. The van der Waals surface area contributed by atoms with Gasteiger partial charge in [0, 0.05) is 44.2 Å². The molecule has 0 aliphatic carbocycles. The first-order valence-electron chi connectivity index (χ1n) is 12.0. The highest BCUT2D eigenvalue weighted by atomic mass is 32.2. The molecule has 1 aliphatic rings. The van der Waals surface area contributed by atoms with Crippen LogP contribution in [0.2, 0.25) is 0 Å². The molecule has 2 heterocycles. The van der Waals surface area contributed by atoms with Crippen LogP contribution >= 0.6 is 11.5 Å². The van der Waals surface area contributed by atoms with Gasteiger partial charge in [0.25, 0.3) is 10.0 Å². The van der Waals surface area contributed by atoms with E-state index in [0.29, 0.717) is 11.4 Å². The lowest BCUT2D eigenvalue weighted by Gasteiger charge is -2.35. The monoisotopic (exact) mass is 522 g/mol. The number of nitrogens with one attached hydrogen (secondary N) is 1. The first kappa shape index (κ1) is 24.5. The summed E-state index contributed by atoms with van der Waals surface area (Å²) in [6.45, 7) is 6.85. The van der Waals surface area contributed by atoms with Gasteiger partial charge in [-0.15, -0.1) is 0 Å². The fourth-order valence-corrected chi connectivity index (χ4v) is 6.50. The smallest absolute Gasteiger partial charge is 0.262 e. The van der Waals surface area contributed by atoms with Crippen LogP contribution in [0.15, 0.2) is 71.6 Å². The fraction of sp³-hybridized carbons (Fsp3) is 0.296. The third-order valence-electron chi connectivity index (χ3n) is 6.63. The molecule has 1 fully saturated rings. The molecular weight excluding hydrogens is 492 g/mol. The highest BCUT2D eigenvalue weighted by Gasteiger charge is 2.21. The van der Waals surface area contributed by atoms with Gasteiger partial charge in [0.1, 0.15) is 11.6 Å². The van der Waals surface area contributed by atoms with Crippen molar-refractivity contribution in [3.63, 3.8) is 0 Å². The standard InChI is InChI=1S/C27H30N4O3S2/c1-20-18-21(10-11-25(20)29-36(32,33)23-7-5-6-22(19-23)34-2)12-13-30-14-16-31(17-15-30)27-24-8-3-4-9-26(24)35-28-27/h3-11,18-19,29H,12-17H2,1-2H3. The topological polar surface area (TPSA) is 74.8 Å². The number of sulfonamides is 1. The van der Waals surface area contributed by atoms with E-state index in [1.807, 2.05) is 19.1 Å². The van der Waals surface area contributed by atoms with E-state index in [2.05, 4.69) is 44.9 Å². The van der Waals surface area contributed by atoms with Gasteiger partial charge < -0.3 is 9.64 Å². The van der Waals surface area contributed by atoms with Gasteiger partial charge in [-0.1, -0.05) is 30.3 Å². The highest BCUT2D eigenvalue weighted by Crippen LogP contribution is 2.30. The number of methoxy groups -OCH3 is 1. The first-order valence-corrected chi connectivity index (χ1v) is 14.3. The summed E-state index contributed by atoms with van der Waals surface area (Å²) in [5.41, 5.74) is 2.69. The molecule has 4 aromatic rings. The number of nitrogens with zero attached hydrogens (tertiary/aromatic N) is 3. The summed E-state index contributed by atoms with van der Waals surface area (Å²) in [7, 11) is -2.18. The fourth-order valence-electron chi connectivity index (χ4n) is 4.54. The number of anilines is 2. The largest absolute Gasteiger partial charge is 0.497 e. The summed E-state index contributed by atoms with van der Waals surface area (Å²) in [5.74, 6) is 1.61. The van der Waals surface area contributed by atoms with E-state index in [1.165, 1.54) is 28.8 Å². The van der Waals surface area contributed by atoms with E-state index < -0.39 is 10.0 Å². The summed E-state index contributed by atoms with van der Waals surface area (Å²) in [5, 5.41) is 1.24. The zero-order valence-corrected chi connectivity index (χ0v) is 22.1. The number of aromatic nitrogens is 1. The van der Waals surface area contributed by atoms with Crippen molar-refractivity contribution in [1.29, 1.82) is 0 Å². The van der Waals surface area contributed by atoms with Gasteiger partial charge in [0.15, 0.2) is 0 Å². The third-order valence-corrected chi connectivity index (χ3v) is 8.81. The molecule has 1 aromatic heterocycles. The Labute approximate surface area is 216 Å². The van der Waals surface area contributed by atoms with Crippen molar-refractivity contribution in [2.75, 3.05) is 49.5 Å². The van der Waals surface area contributed by atoms with Crippen molar-refractivity contribution >= 4 is 43.1 Å². The lowest BCUT2D eigenvalue weighted by atomic mass is 10.1. The summed E-state index contributed by atoms with van der Waals surface area (Å²) in [6.07, 6.45) is 0.920. The number of benzene rings is 3. The summed E-state index contributed by atoms with van der Waals surface area (Å²) in [4.78, 5) is 5.05. The Kier molecular flexibility index (Phi) is 7.13. The van der Waals surface area contributed by atoms with Crippen LogP contribution in [0.25, 0.3) is 10.1 Å². The van der Waals surface area contributed by atoms with Gasteiger partial charge in [-0.05, 0) is 66.3 Å². The molecule has 0 unspecified atom stereocenters. The van der Waals surface area contributed by atoms with E-state index in [1.54, 1.807) is 29.7 Å². The molecule has 36 heavy (non-hydrogen) atoms. The molecule has 5 rings (SSSR count). The Morgan fingerprint density at radius 3 is 2.58 bits per heavy atom. The third kappa shape index (κ3) is 5.33. The van der Waals surface area contributed by atoms with Crippen molar-refractivity contribution < 1.29 is 13.2 Å². The highest BCUT2D eigenvalue weighted by molar-refractivity contribution is 7.92. The van der Waals surface area contributed by atoms with Gasteiger partial charge >= 0.3 is 0 Å². The average Bonchev–Trinajstić information content (AvgIpc) is 3.33. The van der Waals surface area contributed by atoms with Gasteiger partial charge in [-0.3, -0.25) is 9.62 Å². The minimum absolute atomic E-state index is 0.176. The van der Waals surface area contributed by atoms with Crippen LogP contribution < -0.4 is 14.4 Å². The molecule has 0 spiro atoms. The number of aryl methyl sites for hydroxylation is 1. The molecule has 0 saturated carbocycles. The molecule has 9 heteroatoms. The molecule has 0 radical (unpaired) electrons. The SMILES string of the molecule is COc1cccc(S(=O)(=O)Nc2ccc(CCN3CCN(c4nsc5ccccc45)CC3)cc2C)c1. The Morgan fingerprint density at radius 1 is 1.00 bits per heavy atom. The van der Waals surface area contributed by atoms with Crippen LogP contribution in [0.1, 0.15) is 11.1 Å². The van der Waals surface area contributed by atoms with Gasteiger partial charge in [0.05, 0.1) is 22.4 Å². The quantitative estimate of drug-likeness (QED) is 0.359. The summed E-state index contributed by atoms with van der Waals surface area (Å²) < 4.78 is 39.5. The van der Waals surface area contributed by atoms with Crippen molar-refractivity contribution in [3.8, 4) is 5.75 Å². The number of hydrogen-bond acceptors (Lipinski definition) is 7. The van der Waals surface area contributed by atoms with Gasteiger partial charge in [-0.2, -0.15) is 4.37 Å². The first-order chi connectivity index (χ1) is 17.4. The van der Waals surface area contributed by atoms with Crippen molar-refractivity contribution in [1.82, 2.24) is 9.27 Å². The number of fused-ring (bicyclic) bond motifs is 1. The van der Waals surface area contributed by atoms with Crippen LogP contribution in [0.5, 0.6) is 5.75 Å². The molecule has 0 atom stereocenters. The van der Waals surface area contributed by atoms with Gasteiger partial charge in [-0.25, -0.2) is 8.42 Å². The number of hydrogen-bond donors (Lipinski definition) is 1. The molecular formula is C27H30N4O3S2. The average molecular weight is 523 g/mol. The summed E-state index contributed by atoms with van der Waals surface area (Å²) >= 11 is 1.57. The van der Waals surface area contributed by atoms with E-state index in [4.69, 9.17) is 9.11 Å². The van der Waals surface area contributed by atoms with E-state index in [0.717, 1.165) is 50.5 Å². The molecule has 0 bridgehead atoms. The lowest BCUT2D eigenvalue weighted by molar-refractivity contribution is 0.261. The minimum atomic E-state index is -3.70. The Morgan fingerprint density at radius 2 is 1.81 bits per heavy atom. The van der Waals surface area contributed by atoms with Crippen molar-refractivity contribution in [2.24, 2.45) is 0 Å². The molecule has 3 aromatic carbocycles. The molecule has 1 aliphatic heterocycles. The van der Waals surface area contributed by atoms with Crippen molar-refractivity contribution in [3.05, 3.63) is 77.9 Å². The number of piperazine rings is 1. The minimum Gasteiger partial charge on any atom is -0.497 e. The van der Waals surface area contributed by atoms with Crippen LogP contribution in [-0.2, 0) is 16.4 Å². The normalized spacial score (nSPS) is 14.8. The zero-order chi connectivity index (χ0) is 25.1. The van der Waals surface area contributed by atoms with Crippen LogP contribution in [0.3, 0.4) is 0 Å². The second kappa shape index (κ2) is 10.5. The summed E-state index contributed by atoms with van der Waals surface area (Å²) in [6, 6.07) is 20.8. The Bertz CT molecular complexity index is 1460. The lowest BCUT2D eigenvalue weighted by Crippen LogP contribution is -2.47. The van der Waals surface area contributed by atoms with E-state index >= 15 is 0 Å². The predicted octanol–water partition coefficient (Wildman–Crippen LogP) is 4.78. The van der Waals surface area contributed by atoms with E-state index in [-0.39, 0.29) is 4.90 Å². The maximum Gasteiger partial charge on any atom is 0.262 e. The second-order valence-electron chi connectivity index (χ2n) is 9.01. The van der Waals surface area contributed by atoms with Crippen LogP contribution in [0, 0.1) is 6.92 Å². The molecule has 1 saturated heterocycles. The maximum atomic E-state index is 12.8. The Hall–Kier alpha value is -3.14. The van der Waals surface area contributed by atoms with Gasteiger partial charge in [0.2, 0.25) is 0 Å². The van der Waals surface area contributed by atoms with Crippen LogP contribution in [0.4, 0.5) is 11.5 Å². The predicted molar refractivity (Wildman–Crippen MR) is 147 cm³/mol. The zero-order valence-electron chi connectivity index (χ0n) is 20.5. The van der Waals surface area contributed by atoms with Crippen LogP contribution in [-0.4, -0.2) is 57.5 Å². The second-order valence-corrected chi connectivity index (χ2v) is 11.5. The molecule has 7 nitrogen and oxygen atoms in total.